The largest absolute Gasteiger partial charge is 0.465 e. The number of hydrogen-bond acceptors (Lipinski definition) is 5. The molecule has 7 saturated carbocycles. The number of nitrogens with zero attached hydrogens (tertiary/aromatic N) is 1. The first-order valence-corrected chi connectivity index (χ1v) is 14.8. The molecule has 7 aliphatic rings. The van der Waals surface area contributed by atoms with Gasteiger partial charge in [-0.25, -0.2) is 14.2 Å². The Labute approximate surface area is 228 Å². The fourth-order valence-corrected chi connectivity index (χ4v) is 9.05. The summed E-state index contributed by atoms with van der Waals surface area (Å²) >= 11 is 0. The minimum absolute atomic E-state index is 0.00333. The van der Waals surface area contributed by atoms with Crippen molar-refractivity contribution < 1.29 is 23.5 Å². The number of amides is 1. The highest BCUT2D eigenvalue weighted by molar-refractivity contribution is 6.04. The number of carbonyl (C=O) groups is 2. The van der Waals surface area contributed by atoms with Gasteiger partial charge in [0, 0.05) is 11.1 Å². The van der Waals surface area contributed by atoms with Crippen molar-refractivity contribution in [1.82, 2.24) is 9.97 Å². The van der Waals surface area contributed by atoms with Crippen LogP contribution in [0, 0.1) is 29.5 Å². The Morgan fingerprint density at radius 3 is 2.28 bits per heavy atom. The molecule has 7 aliphatic carbocycles. The van der Waals surface area contributed by atoms with Gasteiger partial charge in [0.05, 0.1) is 30.6 Å². The summed E-state index contributed by atoms with van der Waals surface area (Å²) in [6.45, 7) is 0.331. The Balaban J connectivity index is 1.17. The molecule has 8 heteroatoms. The molecule has 1 aromatic heterocycles. The minimum Gasteiger partial charge on any atom is -0.465 e. The fraction of sp³-hybridized carbons (Fsp3) is 0.645. The van der Waals surface area contributed by atoms with E-state index in [1.807, 2.05) is 0 Å². The number of methoxy groups -OCH3 is 1. The lowest BCUT2D eigenvalue weighted by atomic mass is 9.54. The van der Waals surface area contributed by atoms with Crippen LogP contribution in [0.25, 0.3) is 0 Å². The number of imidazole rings is 1. The molecule has 7 fully saturated rings. The van der Waals surface area contributed by atoms with E-state index in [0.717, 1.165) is 79.8 Å². The van der Waals surface area contributed by atoms with Crippen LogP contribution >= 0.6 is 0 Å². The van der Waals surface area contributed by atoms with Gasteiger partial charge in [-0.05, 0) is 119 Å². The van der Waals surface area contributed by atoms with E-state index in [-0.39, 0.29) is 22.5 Å². The Bertz CT molecular complexity index is 1250. The van der Waals surface area contributed by atoms with Gasteiger partial charge in [0.15, 0.2) is 5.69 Å². The average molecular weight is 536 g/mol. The van der Waals surface area contributed by atoms with Crippen molar-refractivity contribution in [3.8, 4) is 0 Å². The Morgan fingerprint density at radius 2 is 1.67 bits per heavy atom. The van der Waals surface area contributed by atoms with Crippen LogP contribution in [0.2, 0.25) is 0 Å². The molecule has 7 nitrogen and oxygen atoms in total. The third-order valence-corrected chi connectivity index (χ3v) is 10.7. The standard InChI is InChI=1S/C31H38FN3O4/c1-38-28(37)23-13-22(2-3-24(23)32)33-27(36)26-25(34-29(35-26)30-7-4-18(5-8-30)6-9-30)17-39-31-14-19-10-20(15-31)12-21(11-19)16-31/h2-3,13,18-21H,4-12,14-17H2,1H3,(H,33,36)(H,34,35). The van der Waals surface area contributed by atoms with Crippen molar-refractivity contribution in [2.75, 3.05) is 12.4 Å². The van der Waals surface area contributed by atoms with Gasteiger partial charge < -0.3 is 19.8 Å². The molecule has 0 spiro atoms. The van der Waals surface area contributed by atoms with Crippen LogP contribution in [0.15, 0.2) is 18.2 Å². The van der Waals surface area contributed by atoms with E-state index in [0.29, 0.717) is 18.0 Å². The first kappa shape index (κ1) is 25.2. The van der Waals surface area contributed by atoms with Crippen molar-refractivity contribution >= 4 is 17.6 Å². The van der Waals surface area contributed by atoms with Crippen LogP contribution in [0.5, 0.6) is 0 Å². The number of nitrogens with one attached hydrogen (secondary N) is 2. The number of anilines is 1. The summed E-state index contributed by atoms with van der Waals surface area (Å²) in [4.78, 5) is 34.1. The van der Waals surface area contributed by atoms with E-state index in [2.05, 4.69) is 15.0 Å². The summed E-state index contributed by atoms with van der Waals surface area (Å²) in [6, 6.07) is 3.91. The molecule has 9 rings (SSSR count). The van der Waals surface area contributed by atoms with Gasteiger partial charge in [-0.15, -0.1) is 0 Å². The average Bonchev–Trinajstić information content (AvgIpc) is 3.38. The molecule has 39 heavy (non-hydrogen) atoms. The Kier molecular flexibility index (Phi) is 6.10. The van der Waals surface area contributed by atoms with Crippen molar-refractivity contribution in [3.05, 3.63) is 46.8 Å². The van der Waals surface area contributed by atoms with Gasteiger partial charge in [0.2, 0.25) is 0 Å². The quantitative estimate of drug-likeness (QED) is 0.406. The molecule has 2 N–H and O–H groups in total. The predicted molar refractivity (Wildman–Crippen MR) is 143 cm³/mol. The Hall–Kier alpha value is -2.74. The molecule has 0 unspecified atom stereocenters. The molecule has 0 atom stereocenters. The van der Waals surface area contributed by atoms with Crippen LogP contribution < -0.4 is 5.32 Å². The smallest absolute Gasteiger partial charge is 0.340 e. The molecule has 1 aromatic carbocycles. The van der Waals surface area contributed by atoms with Crippen LogP contribution in [0.1, 0.15) is 109 Å². The highest BCUT2D eigenvalue weighted by Crippen LogP contribution is 2.57. The van der Waals surface area contributed by atoms with E-state index < -0.39 is 11.8 Å². The lowest BCUT2D eigenvalue weighted by Gasteiger charge is -2.56. The van der Waals surface area contributed by atoms with Crippen molar-refractivity contribution in [3.63, 3.8) is 0 Å². The van der Waals surface area contributed by atoms with Gasteiger partial charge in [-0.1, -0.05) is 0 Å². The number of ether oxygens (including phenoxy) is 2. The molecule has 0 radical (unpaired) electrons. The van der Waals surface area contributed by atoms with Crippen LogP contribution in [-0.2, 0) is 21.5 Å². The number of H-pyrrole nitrogens is 1. The van der Waals surface area contributed by atoms with Crippen LogP contribution in [0.3, 0.4) is 0 Å². The van der Waals surface area contributed by atoms with E-state index in [1.165, 1.54) is 57.8 Å². The van der Waals surface area contributed by atoms with E-state index in [1.54, 1.807) is 0 Å². The molecule has 0 aliphatic heterocycles. The van der Waals surface area contributed by atoms with Crippen LogP contribution in [0.4, 0.5) is 10.1 Å². The number of esters is 1. The zero-order valence-electron chi connectivity index (χ0n) is 22.7. The van der Waals surface area contributed by atoms with Gasteiger partial charge in [-0.2, -0.15) is 0 Å². The number of hydrogen-bond donors (Lipinski definition) is 2. The highest BCUT2D eigenvalue weighted by Gasteiger charge is 2.52. The number of carbonyl (C=O) groups excluding carboxylic acids is 2. The third kappa shape index (κ3) is 4.48. The van der Waals surface area contributed by atoms with Crippen molar-refractivity contribution in [1.29, 1.82) is 0 Å². The molecular formula is C31H38FN3O4. The number of aromatic amines is 1. The second-order valence-electron chi connectivity index (χ2n) is 13.2. The second-order valence-corrected chi connectivity index (χ2v) is 13.2. The number of aromatic nitrogens is 2. The van der Waals surface area contributed by atoms with Gasteiger partial charge in [0.1, 0.15) is 11.6 Å². The summed E-state index contributed by atoms with van der Waals surface area (Å²) in [5.74, 6) is 2.18. The second kappa shape index (κ2) is 9.43. The minimum atomic E-state index is -0.790. The van der Waals surface area contributed by atoms with E-state index >= 15 is 0 Å². The monoisotopic (exact) mass is 535 g/mol. The molecule has 208 valence electrons. The maximum absolute atomic E-state index is 14.2. The zero-order valence-corrected chi connectivity index (χ0v) is 22.7. The first-order valence-electron chi connectivity index (χ1n) is 14.8. The molecule has 1 amide bonds. The molecular weight excluding hydrogens is 497 g/mol. The van der Waals surface area contributed by atoms with Crippen molar-refractivity contribution in [2.24, 2.45) is 23.7 Å². The summed E-state index contributed by atoms with van der Waals surface area (Å²) in [5.41, 5.74) is 1.06. The fourth-order valence-electron chi connectivity index (χ4n) is 9.05. The number of benzene rings is 1. The molecule has 0 saturated heterocycles. The molecule has 1 heterocycles. The number of fused-ring (bicyclic) bond motifs is 3. The lowest BCUT2D eigenvalue weighted by molar-refractivity contribution is -0.169. The number of rotatable bonds is 7. The van der Waals surface area contributed by atoms with E-state index in [9.17, 15) is 14.0 Å². The molecule has 2 aromatic rings. The SMILES string of the molecule is COC(=O)c1cc(NC(=O)c2nc(C34CCC(CC3)CC4)[nH]c2COC23CC4CC(CC(C4)C2)C3)ccc1F. The highest BCUT2D eigenvalue weighted by atomic mass is 19.1. The summed E-state index contributed by atoms with van der Waals surface area (Å²) in [5, 5.41) is 2.84. The summed E-state index contributed by atoms with van der Waals surface area (Å²) in [6.07, 6.45) is 14.4. The summed E-state index contributed by atoms with van der Waals surface area (Å²) in [7, 11) is 1.20. The van der Waals surface area contributed by atoms with Gasteiger partial charge in [-0.3, -0.25) is 4.79 Å². The van der Waals surface area contributed by atoms with Gasteiger partial charge in [0.25, 0.3) is 5.91 Å². The lowest BCUT2D eigenvalue weighted by Crippen LogP contribution is -2.51. The normalized spacial score (nSPS) is 34.3. The van der Waals surface area contributed by atoms with Crippen molar-refractivity contribution in [2.45, 2.75) is 94.7 Å². The number of halogens is 1. The predicted octanol–water partition coefficient (Wildman–Crippen LogP) is 6.29. The third-order valence-electron chi connectivity index (χ3n) is 10.7. The zero-order chi connectivity index (χ0) is 26.8. The molecule has 6 bridgehead atoms. The Morgan fingerprint density at radius 1 is 1.03 bits per heavy atom. The first-order chi connectivity index (χ1) is 18.8. The topological polar surface area (TPSA) is 93.3 Å². The van der Waals surface area contributed by atoms with Crippen LogP contribution in [-0.4, -0.2) is 34.6 Å². The maximum Gasteiger partial charge on any atom is 0.340 e. The van der Waals surface area contributed by atoms with Gasteiger partial charge >= 0.3 is 5.97 Å². The van der Waals surface area contributed by atoms with E-state index in [4.69, 9.17) is 9.72 Å². The summed E-state index contributed by atoms with van der Waals surface area (Å²) < 4.78 is 25.6. The maximum atomic E-state index is 14.2.